The van der Waals surface area contributed by atoms with Gasteiger partial charge in [0.15, 0.2) is 0 Å². The molecule has 1 saturated carbocycles. The van der Waals surface area contributed by atoms with Crippen molar-refractivity contribution >= 4 is 46.6 Å². The molecule has 0 unspecified atom stereocenters. The summed E-state index contributed by atoms with van der Waals surface area (Å²) < 4.78 is 0. The summed E-state index contributed by atoms with van der Waals surface area (Å²) in [6.45, 7) is 1.35. The second-order valence-electron chi connectivity index (χ2n) is 8.40. The monoisotopic (exact) mass is 486 g/mol. The smallest absolute Gasteiger partial charge is 0.326 e. The highest BCUT2D eigenvalue weighted by Gasteiger charge is 2.33. The molecule has 2 amide bonds. The Kier molecular flexibility index (Phi) is 7.05. The molecule has 172 valence electrons. The molecular weight excluding hydrogens is 463 g/mol. The van der Waals surface area contributed by atoms with E-state index in [1.54, 1.807) is 6.07 Å². The second-order valence-corrected chi connectivity index (χ2v) is 9.21. The molecule has 2 aliphatic rings. The van der Waals surface area contributed by atoms with Crippen LogP contribution in [0.25, 0.3) is 5.57 Å². The zero-order valence-corrected chi connectivity index (χ0v) is 19.4. The van der Waals surface area contributed by atoms with Crippen LogP contribution < -0.4 is 5.32 Å². The molecule has 1 fully saturated rings. The first-order valence-corrected chi connectivity index (χ1v) is 11.6. The Morgan fingerprint density at radius 1 is 1.06 bits per heavy atom. The maximum atomic E-state index is 12.6. The molecule has 8 heteroatoms. The quantitative estimate of drug-likeness (QED) is 0.605. The predicted molar refractivity (Wildman–Crippen MR) is 127 cm³/mol. The van der Waals surface area contributed by atoms with Crippen LogP contribution in [0.3, 0.4) is 0 Å². The van der Waals surface area contributed by atoms with Crippen LogP contribution in [0.1, 0.15) is 40.7 Å². The van der Waals surface area contributed by atoms with E-state index in [4.69, 9.17) is 23.2 Å². The number of carboxylic acids is 1. The number of aliphatic carboxylic acids is 1. The molecule has 0 saturated heterocycles. The third-order valence-electron chi connectivity index (χ3n) is 6.01. The molecule has 1 heterocycles. The lowest BCUT2D eigenvalue weighted by atomic mass is 9.96. The van der Waals surface area contributed by atoms with Crippen molar-refractivity contribution in [3.8, 4) is 0 Å². The highest BCUT2D eigenvalue weighted by Crippen LogP contribution is 2.32. The van der Waals surface area contributed by atoms with Crippen molar-refractivity contribution in [3.63, 3.8) is 0 Å². The van der Waals surface area contributed by atoms with Crippen LogP contribution in [0, 0.1) is 5.92 Å². The molecule has 0 spiro atoms. The van der Waals surface area contributed by atoms with E-state index >= 15 is 0 Å². The van der Waals surface area contributed by atoms with Gasteiger partial charge in [0.05, 0.1) is 15.6 Å². The van der Waals surface area contributed by atoms with E-state index in [0.717, 1.165) is 36.9 Å². The fraction of sp³-hybridized carbons (Fsp3) is 0.320. The van der Waals surface area contributed by atoms with Gasteiger partial charge < -0.3 is 15.3 Å². The lowest BCUT2D eigenvalue weighted by Crippen LogP contribution is -2.42. The third kappa shape index (κ3) is 5.57. The Labute approximate surface area is 202 Å². The summed E-state index contributed by atoms with van der Waals surface area (Å²) >= 11 is 12.1. The summed E-state index contributed by atoms with van der Waals surface area (Å²) in [5.41, 5.74) is 3.06. The zero-order valence-electron chi connectivity index (χ0n) is 17.9. The van der Waals surface area contributed by atoms with Gasteiger partial charge in [-0.2, -0.15) is 0 Å². The van der Waals surface area contributed by atoms with Crippen LogP contribution in [0.2, 0.25) is 10.0 Å². The topological polar surface area (TPSA) is 86.7 Å². The van der Waals surface area contributed by atoms with Crippen LogP contribution >= 0.6 is 23.2 Å². The summed E-state index contributed by atoms with van der Waals surface area (Å²) in [5, 5.41) is 12.5. The molecule has 1 aliphatic heterocycles. The highest BCUT2D eigenvalue weighted by molar-refractivity contribution is 6.39. The van der Waals surface area contributed by atoms with Gasteiger partial charge in [-0.05, 0) is 48.1 Å². The van der Waals surface area contributed by atoms with Crippen molar-refractivity contribution in [2.45, 2.75) is 31.7 Å². The summed E-state index contributed by atoms with van der Waals surface area (Å²) in [5.74, 6) is -1.28. The van der Waals surface area contributed by atoms with Crippen molar-refractivity contribution < 1.29 is 19.5 Å². The molecule has 2 N–H and O–H groups in total. The minimum atomic E-state index is -1.15. The van der Waals surface area contributed by atoms with Gasteiger partial charge in [-0.15, -0.1) is 0 Å². The number of rotatable bonds is 7. The average molecular weight is 487 g/mol. The summed E-state index contributed by atoms with van der Waals surface area (Å²) in [4.78, 5) is 38.5. The maximum absolute atomic E-state index is 12.6. The van der Waals surface area contributed by atoms with Crippen LogP contribution in [0.15, 0.2) is 48.5 Å². The fourth-order valence-corrected chi connectivity index (χ4v) is 4.52. The fourth-order valence-electron chi connectivity index (χ4n) is 3.96. The lowest BCUT2D eigenvalue weighted by molar-refractivity contribution is -0.139. The number of halogens is 2. The molecule has 0 radical (unpaired) electrons. The first kappa shape index (κ1) is 23.3. The van der Waals surface area contributed by atoms with Gasteiger partial charge in [-0.25, -0.2) is 4.79 Å². The number of benzene rings is 2. The van der Waals surface area contributed by atoms with E-state index < -0.39 is 17.9 Å². The minimum absolute atomic E-state index is 0.0564. The molecule has 0 bridgehead atoms. The number of nitrogens with one attached hydrogen (secondary N) is 1. The molecule has 1 atom stereocenters. The summed E-state index contributed by atoms with van der Waals surface area (Å²) in [6, 6.07) is 11.2. The Balaban J connectivity index is 1.40. The Morgan fingerprint density at radius 3 is 2.27 bits per heavy atom. The predicted octanol–water partition coefficient (Wildman–Crippen LogP) is 4.44. The first-order chi connectivity index (χ1) is 15.8. The Morgan fingerprint density at radius 2 is 1.73 bits per heavy atom. The van der Waals surface area contributed by atoms with Gasteiger partial charge in [-0.1, -0.05) is 59.6 Å². The molecule has 0 aromatic heterocycles. The molecule has 6 nitrogen and oxygen atoms in total. The van der Waals surface area contributed by atoms with Crippen LogP contribution in [-0.4, -0.2) is 46.9 Å². The summed E-state index contributed by atoms with van der Waals surface area (Å²) in [7, 11) is 0. The van der Waals surface area contributed by atoms with Gasteiger partial charge in [-0.3, -0.25) is 9.59 Å². The van der Waals surface area contributed by atoms with Gasteiger partial charge in [0.1, 0.15) is 6.04 Å². The van der Waals surface area contributed by atoms with Gasteiger partial charge >= 0.3 is 5.97 Å². The normalized spacial score (nSPS) is 16.7. The molecule has 33 heavy (non-hydrogen) atoms. The number of hydrogen-bond donors (Lipinski definition) is 2. The van der Waals surface area contributed by atoms with Crippen LogP contribution in [0.5, 0.6) is 0 Å². The number of carbonyl (C=O) groups excluding carboxylic acids is 2. The van der Waals surface area contributed by atoms with Crippen molar-refractivity contribution in [1.82, 2.24) is 10.2 Å². The Bertz CT molecular complexity index is 1090. The maximum Gasteiger partial charge on any atom is 0.326 e. The molecule has 2 aromatic carbocycles. The van der Waals surface area contributed by atoms with Gasteiger partial charge in [0.25, 0.3) is 5.91 Å². The van der Waals surface area contributed by atoms with Gasteiger partial charge in [0, 0.05) is 25.4 Å². The number of carboxylic acid groups (broad SMARTS) is 1. The highest BCUT2D eigenvalue weighted by atomic mass is 35.5. The number of hydrogen-bond acceptors (Lipinski definition) is 3. The molecule has 4 rings (SSSR count). The first-order valence-electron chi connectivity index (χ1n) is 10.9. The third-order valence-corrected chi connectivity index (χ3v) is 6.64. The van der Waals surface area contributed by atoms with E-state index in [-0.39, 0.29) is 33.9 Å². The number of nitrogens with zero attached hydrogens (tertiary/aromatic N) is 1. The minimum Gasteiger partial charge on any atom is -0.480 e. The van der Waals surface area contributed by atoms with E-state index in [9.17, 15) is 19.5 Å². The van der Waals surface area contributed by atoms with E-state index in [0.29, 0.717) is 6.54 Å². The van der Waals surface area contributed by atoms with Crippen molar-refractivity contribution in [2.24, 2.45) is 5.92 Å². The van der Waals surface area contributed by atoms with Crippen molar-refractivity contribution in [1.29, 1.82) is 0 Å². The van der Waals surface area contributed by atoms with Crippen molar-refractivity contribution in [2.75, 3.05) is 13.1 Å². The number of amides is 2. The standard InChI is InChI=1S/C25H24Cl2N2O4/c26-19-2-1-3-20(27)22(19)23(30)28-21(25(32)33)14-15-4-6-16(7-5-15)17-10-12-29(13-11-17)24(31)18-8-9-18/h1-7,10,18,21H,8-9,11-14H2,(H,28,30)(H,32,33)/t21-/m0/s1. The second kappa shape index (κ2) is 9.98. The van der Waals surface area contributed by atoms with Crippen molar-refractivity contribution in [3.05, 3.63) is 75.3 Å². The number of carbonyl (C=O) groups is 3. The van der Waals surface area contributed by atoms with Crippen LogP contribution in [-0.2, 0) is 16.0 Å². The molecular formula is C25H24Cl2N2O4. The van der Waals surface area contributed by atoms with E-state index in [2.05, 4.69) is 11.4 Å². The largest absolute Gasteiger partial charge is 0.480 e. The zero-order chi connectivity index (χ0) is 23.5. The lowest BCUT2D eigenvalue weighted by Gasteiger charge is -2.27. The molecule has 1 aliphatic carbocycles. The van der Waals surface area contributed by atoms with Crippen LogP contribution in [0.4, 0.5) is 0 Å². The van der Waals surface area contributed by atoms with E-state index in [1.807, 2.05) is 29.2 Å². The molecule has 2 aromatic rings. The van der Waals surface area contributed by atoms with Gasteiger partial charge in [0.2, 0.25) is 5.91 Å². The van der Waals surface area contributed by atoms with E-state index in [1.165, 1.54) is 17.7 Å². The Hall–Kier alpha value is -2.83. The summed E-state index contributed by atoms with van der Waals surface area (Å²) in [6.07, 6.45) is 5.02. The SMILES string of the molecule is O=C(N[C@@H](Cc1ccc(C2=CCN(C(=O)C3CC3)CC2)cc1)C(=O)O)c1c(Cl)cccc1Cl. The average Bonchev–Trinajstić information content (AvgIpc) is 3.64.